The minimum atomic E-state index is -0.468. The van der Waals surface area contributed by atoms with E-state index in [1.54, 1.807) is 17.0 Å². The lowest BCUT2D eigenvalue weighted by molar-refractivity contribution is -0.128. The van der Waals surface area contributed by atoms with Crippen molar-refractivity contribution in [1.82, 2.24) is 24.8 Å². The van der Waals surface area contributed by atoms with Crippen molar-refractivity contribution >= 4 is 51.6 Å². The molecule has 2 aliphatic rings. The number of ether oxygens (including phenoxy) is 1. The van der Waals surface area contributed by atoms with Crippen LogP contribution in [0.5, 0.6) is 0 Å². The number of esters is 1. The number of halogens is 1. The number of amides is 2. The second-order valence-electron chi connectivity index (χ2n) is 11.7. The first-order valence-corrected chi connectivity index (χ1v) is 16.3. The van der Waals surface area contributed by atoms with Crippen molar-refractivity contribution in [2.75, 3.05) is 32.8 Å². The molecule has 1 aromatic carbocycles. The fourth-order valence-electron chi connectivity index (χ4n) is 5.96. The zero-order valence-corrected chi connectivity index (χ0v) is 26.5. The van der Waals surface area contributed by atoms with Gasteiger partial charge >= 0.3 is 5.97 Å². The summed E-state index contributed by atoms with van der Waals surface area (Å²) in [5, 5.41) is 8.25. The fraction of sp³-hybridized carbons (Fsp3) is 0.438. The van der Waals surface area contributed by atoms with Crippen LogP contribution >= 0.6 is 22.9 Å². The molecule has 232 valence electrons. The molecule has 6 rings (SSSR count). The van der Waals surface area contributed by atoms with E-state index in [2.05, 4.69) is 29.2 Å². The van der Waals surface area contributed by atoms with Crippen LogP contribution in [0.4, 0.5) is 0 Å². The first kappa shape index (κ1) is 30.4. The number of benzene rings is 1. The summed E-state index contributed by atoms with van der Waals surface area (Å²) in [6, 6.07) is 13.2. The number of nitrogens with one attached hydrogen (secondary N) is 1. The van der Waals surface area contributed by atoms with Crippen molar-refractivity contribution < 1.29 is 23.6 Å². The van der Waals surface area contributed by atoms with Crippen LogP contribution in [-0.4, -0.2) is 82.2 Å². The topological polar surface area (TPSA) is 110 Å². The molecule has 2 fully saturated rings. The largest absolute Gasteiger partial charge is 0.460 e. The standard InChI is InChI=1S/C32H36ClN5O5S/c1-20(2)36-12-9-23(10-13-36)34-31(40)26-17-22-16-21(32(41)42-15-14-37-11-3-4-30(37)39)5-6-25(22)38(26)19-24-18-27(43-35-24)28-7-8-29(33)44-28/h5-8,16-18,20,23H,3-4,9-15,19H2,1-2H3,(H,34,40). The summed E-state index contributed by atoms with van der Waals surface area (Å²) in [5.41, 5.74) is 2.30. The maximum atomic E-state index is 13.7. The van der Waals surface area contributed by atoms with E-state index < -0.39 is 5.97 Å². The Morgan fingerprint density at radius 1 is 1.14 bits per heavy atom. The number of fused-ring (bicyclic) bond motifs is 1. The Balaban J connectivity index is 1.23. The van der Waals surface area contributed by atoms with Crippen LogP contribution in [0.1, 0.15) is 66.1 Å². The molecule has 3 aromatic heterocycles. The Morgan fingerprint density at radius 3 is 2.66 bits per heavy atom. The highest BCUT2D eigenvalue weighted by atomic mass is 35.5. The Labute approximate surface area is 264 Å². The molecule has 10 nitrogen and oxygen atoms in total. The third-order valence-corrected chi connectivity index (χ3v) is 9.67. The number of nitrogens with zero attached hydrogens (tertiary/aromatic N) is 4. The van der Waals surface area contributed by atoms with Crippen molar-refractivity contribution in [3.8, 4) is 10.6 Å². The number of hydrogen-bond donors (Lipinski definition) is 1. The van der Waals surface area contributed by atoms with Crippen molar-refractivity contribution in [3.05, 3.63) is 63.8 Å². The van der Waals surface area contributed by atoms with E-state index in [0.29, 0.717) is 59.1 Å². The van der Waals surface area contributed by atoms with Gasteiger partial charge in [-0.15, -0.1) is 11.3 Å². The van der Waals surface area contributed by atoms with Crippen LogP contribution in [0.2, 0.25) is 4.34 Å². The first-order valence-electron chi connectivity index (χ1n) is 15.1. The van der Waals surface area contributed by atoms with Crippen molar-refractivity contribution in [2.45, 2.75) is 58.2 Å². The van der Waals surface area contributed by atoms with Gasteiger partial charge in [0.15, 0.2) is 5.76 Å². The molecule has 2 saturated heterocycles. The van der Waals surface area contributed by atoms with Crippen molar-refractivity contribution in [2.24, 2.45) is 0 Å². The number of carbonyl (C=O) groups is 3. The summed E-state index contributed by atoms with van der Waals surface area (Å²) in [6.07, 6.45) is 3.16. The number of rotatable bonds is 10. The van der Waals surface area contributed by atoms with Gasteiger partial charge in [-0.05, 0) is 69.5 Å². The molecule has 0 saturated carbocycles. The van der Waals surface area contributed by atoms with Crippen LogP contribution in [0.15, 0.2) is 47.0 Å². The van der Waals surface area contributed by atoms with E-state index in [-0.39, 0.29) is 24.5 Å². The molecule has 5 heterocycles. The summed E-state index contributed by atoms with van der Waals surface area (Å²) in [4.78, 5) is 43.5. The second-order valence-corrected chi connectivity index (χ2v) is 13.4. The summed E-state index contributed by atoms with van der Waals surface area (Å²) in [5.74, 6) is 0.0674. The van der Waals surface area contributed by atoms with E-state index in [1.165, 1.54) is 11.3 Å². The molecule has 0 unspecified atom stereocenters. The van der Waals surface area contributed by atoms with E-state index in [9.17, 15) is 14.4 Å². The molecule has 2 amide bonds. The van der Waals surface area contributed by atoms with E-state index >= 15 is 0 Å². The van der Waals surface area contributed by atoms with Crippen molar-refractivity contribution in [1.29, 1.82) is 0 Å². The van der Waals surface area contributed by atoms with Gasteiger partial charge in [0.25, 0.3) is 5.91 Å². The Morgan fingerprint density at radius 2 is 1.95 bits per heavy atom. The van der Waals surface area contributed by atoms with Crippen LogP contribution in [0, 0.1) is 0 Å². The van der Waals surface area contributed by atoms with Gasteiger partial charge < -0.3 is 28.9 Å². The van der Waals surface area contributed by atoms with Gasteiger partial charge in [0.1, 0.15) is 18.0 Å². The maximum Gasteiger partial charge on any atom is 0.338 e. The van der Waals surface area contributed by atoms with Crippen LogP contribution in [0.25, 0.3) is 21.5 Å². The monoisotopic (exact) mass is 637 g/mol. The lowest BCUT2D eigenvalue weighted by atomic mass is 10.0. The molecular weight excluding hydrogens is 602 g/mol. The SMILES string of the molecule is CC(C)N1CCC(NC(=O)c2cc3cc(C(=O)OCCN4CCCC4=O)ccc3n2Cc2cc(-c3ccc(Cl)s3)on2)CC1. The minimum Gasteiger partial charge on any atom is -0.460 e. The Hall–Kier alpha value is -3.67. The van der Waals surface area contributed by atoms with Crippen LogP contribution < -0.4 is 5.32 Å². The van der Waals surface area contributed by atoms with Crippen molar-refractivity contribution in [3.63, 3.8) is 0 Å². The first-order chi connectivity index (χ1) is 21.2. The Bertz CT molecular complexity index is 1670. The summed E-state index contributed by atoms with van der Waals surface area (Å²) >= 11 is 7.52. The van der Waals surface area contributed by atoms with E-state index in [0.717, 1.165) is 48.1 Å². The molecular formula is C32H36ClN5O5S. The van der Waals surface area contributed by atoms with Gasteiger partial charge in [0.2, 0.25) is 5.91 Å². The average Bonchev–Trinajstić information content (AvgIpc) is 3.81. The number of carbonyl (C=O) groups excluding carboxylic acids is 3. The van der Waals surface area contributed by atoms with Crippen LogP contribution in [-0.2, 0) is 16.1 Å². The molecule has 4 aromatic rings. The predicted octanol–water partition coefficient (Wildman–Crippen LogP) is 5.44. The molecule has 1 N–H and O–H groups in total. The van der Waals surface area contributed by atoms with Gasteiger partial charge in [-0.1, -0.05) is 16.8 Å². The molecule has 0 radical (unpaired) electrons. The van der Waals surface area contributed by atoms with Crippen LogP contribution in [0.3, 0.4) is 0 Å². The number of likely N-dealkylation sites (tertiary alicyclic amines) is 2. The quantitative estimate of drug-likeness (QED) is 0.231. The van der Waals surface area contributed by atoms with Gasteiger partial charge in [0.05, 0.1) is 27.9 Å². The number of aromatic nitrogens is 2. The smallest absolute Gasteiger partial charge is 0.338 e. The van der Waals surface area contributed by atoms with Gasteiger partial charge in [0, 0.05) is 55.1 Å². The zero-order chi connectivity index (χ0) is 30.8. The molecule has 12 heteroatoms. The number of hydrogen-bond acceptors (Lipinski definition) is 8. The molecule has 0 spiro atoms. The molecule has 0 aliphatic carbocycles. The predicted molar refractivity (Wildman–Crippen MR) is 169 cm³/mol. The molecule has 0 bridgehead atoms. The maximum absolute atomic E-state index is 13.7. The third-order valence-electron chi connectivity index (χ3n) is 8.43. The summed E-state index contributed by atoms with van der Waals surface area (Å²) in [7, 11) is 0. The van der Waals surface area contributed by atoms with Gasteiger partial charge in [-0.2, -0.15) is 0 Å². The Kier molecular flexibility index (Phi) is 9.06. The molecule has 0 atom stereocenters. The lowest BCUT2D eigenvalue weighted by Gasteiger charge is -2.34. The highest BCUT2D eigenvalue weighted by Crippen LogP contribution is 2.32. The lowest BCUT2D eigenvalue weighted by Crippen LogP contribution is -2.46. The summed E-state index contributed by atoms with van der Waals surface area (Å²) in [6.45, 7) is 7.79. The highest BCUT2D eigenvalue weighted by Gasteiger charge is 2.25. The highest BCUT2D eigenvalue weighted by molar-refractivity contribution is 7.19. The summed E-state index contributed by atoms with van der Waals surface area (Å²) < 4.78 is 13.7. The second kappa shape index (κ2) is 13.1. The average molecular weight is 638 g/mol. The molecule has 2 aliphatic heterocycles. The van der Waals surface area contributed by atoms with Gasteiger partial charge in [-0.3, -0.25) is 9.59 Å². The van der Waals surface area contributed by atoms with E-state index in [4.69, 9.17) is 20.9 Å². The van der Waals surface area contributed by atoms with E-state index in [1.807, 2.05) is 34.9 Å². The normalized spacial score (nSPS) is 16.4. The third kappa shape index (κ3) is 6.69. The number of thiophene rings is 1. The fourth-order valence-corrected chi connectivity index (χ4v) is 6.95. The molecule has 44 heavy (non-hydrogen) atoms. The number of piperidine rings is 1. The van der Waals surface area contributed by atoms with Gasteiger partial charge in [-0.25, -0.2) is 4.79 Å². The minimum absolute atomic E-state index is 0.0826. The zero-order valence-electron chi connectivity index (χ0n) is 24.9.